The van der Waals surface area contributed by atoms with E-state index in [1.807, 2.05) is 78.6 Å². The van der Waals surface area contributed by atoms with E-state index in [0.717, 1.165) is 28.3 Å². The zero-order chi connectivity index (χ0) is 23.0. The number of nitrogens with one attached hydrogen (secondary N) is 2. The van der Waals surface area contributed by atoms with Crippen molar-refractivity contribution in [1.82, 2.24) is 20.5 Å². The lowest BCUT2D eigenvalue weighted by Gasteiger charge is -2.34. The van der Waals surface area contributed by atoms with E-state index in [-0.39, 0.29) is 18.2 Å². The molecule has 1 aromatic heterocycles. The van der Waals surface area contributed by atoms with E-state index < -0.39 is 6.04 Å². The van der Waals surface area contributed by atoms with Gasteiger partial charge < -0.3 is 15.4 Å². The molecule has 2 heterocycles. The van der Waals surface area contributed by atoms with Crippen molar-refractivity contribution in [3.05, 3.63) is 89.7 Å². The average molecular weight is 445 g/mol. The molecule has 7 nitrogen and oxygen atoms in total. The minimum absolute atomic E-state index is 0.0952. The van der Waals surface area contributed by atoms with Gasteiger partial charge in [-0.25, -0.2) is 0 Å². The lowest BCUT2D eigenvalue weighted by atomic mass is 10.1. The fourth-order valence-corrected chi connectivity index (χ4v) is 3.87. The van der Waals surface area contributed by atoms with Crippen LogP contribution in [0.25, 0.3) is 0 Å². The van der Waals surface area contributed by atoms with Crippen molar-refractivity contribution in [2.45, 2.75) is 32.5 Å². The Morgan fingerprint density at radius 1 is 1.12 bits per heavy atom. The Morgan fingerprint density at radius 3 is 2.76 bits per heavy atom. The SMILES string of the molecule is Cc1cccnc1CNC(=O)C[C@H]1C(=O)NCCN1Cc1cccc(Oc2ccccc2)c1. The molecule has 1 aliphatic heterocycles. The zero-order valence-corrected chi connectivity index (χ0v) is 18.7. The van der Waals surface area contributed by atoms with Crippen LogP contribution in [0, 0.1) is 6.92 Å². The summed E-state index contributed by atoms with van der Waals surface area (Å²) >= 11 is 0. The Balaban J connectivity index is 1.39. The number of amides is 2. The number of nitrogens with zero attached hydrogens (tertiary/aromatic N) is 2. The monoisotopic (exact) mass is 444 g/mol. The molecule has 3 aromatic rings. The molecule has 2 amide bonds. The summed E-state index contributed by atoms with van der Waals surface area (Å²) in [7, 11) is 0. The predicted octanol–water partition coefficient (Wildman–Crippen LogP) is 3.19. The molecule has 33 heavy (non-hydrogen) atoms. The van der Waals surface area contributed by atoms with Crippen LogP contribution in [0.15, 0.2) is 72.9 Å². The van der Waals surface area contributed by atoms with Crippen LogP contribution >= 0.6 is 0 Å². The number of benzene rings is 2. The van der Waals surface area contributed by atoms with Crippen LogP contribution in [0.5, 0.6) is 11.5 Å². The Morgan fingerprint density at radius 2 is 1.94 bits per heavy atom. The molecule has 7 heteroatoms. The number of rotatable bonds is 8. The fourth-order valence-electron chi connectivity index (χ4n) is 3.87. The second kappa shape index (κ2) is 10.7. The molecule has 1 atom stereocenters. The number of hydrogen-bond acceptors (Lipinski definition) is 5. The van der Waals surface area contributed by atoms with Crippen molar-refractivity contribution in [3.63, 3.8) is 0 Å². The number of carbonyl (C=O) groups excluding carboxylic acids is 2. The van der Waals surface area contributed by atoms with Crippen LogP contribution in [-0.4, -0.2) is 40.8 Å². The smallest absolute Gasteiger partial charge is 0.237 e. The van der Waals surface area contributed by atoms with Crippen molar-refractivity contribution < 1.29 is 14.3 Å². The predicted molar refractivity (Wildman–Crippen MR) is 126 cm³/mol. The van der Waals surface area contributed by atoms with Crippen LogP contribution in [0.4, 0.5) is 0 Å². The third-order valence-corrected chi connectivity index (χ3v) is 5.65. The summed E-state index contributed by atoms with van der Waals surface area (Å²) in [5.41, 5.74) is 2.87. The third kappa shape index (κ3) is 6.17. The molecular formula is C26H28N4O3. The first kappa shape index (κ1) is 22.5. The highest BCUT2D eigenvalue weighted by Crippen LogP contribution is 2.23. The van der Waals surface area contributed by atoms with E-state index in [0.29, 0.717) is 26.2 Å². The second-order valence-electron chi connectivity index (χ2n) is 8.09. The fraction of sp³-hybridized carbons (Fsp3) is 0.269. The Bertz CT molecular complexity index is 1100. The van der Waals surface area contributed by atoms with Crippen molar-refractivity contribution >= 4 is 11.8 Å². The van der Waals surface area contributed by atoms with Gasteiger partial charge in [-0.15, -0.1) is 0 Å². The largest absolute Gasteiger partial charge is 0.457 e. The number of hydrogen-bond donors (Lipinski definition) is 2. The van der Waals surface area contributed by atoms with Gasteiger partial charge in [0.25, 0.3) is 0 Å². The summed E-state index contributed by atoms with van der Waals surface area (Å²) in [6, 6.07) is 20.7. The number of piperazine rings is 1. The lowest BCUT2D eigenvalue weighted by Crippen LogP contribution is -2.56. The molecule has 0 aliphatic carbocycles. The Hall–Kier alpha value is -3.71. The van der Waals surface area contributed by atoms with E-state index in [9.17, 15) is 9.59 Å². The van der Waals surface area contributed by atoms with E-state index in [1.165, 1.54) is 0 Å². The Labute approximate surface area is 193 Å². The maximum Gasteiger partial charge on any atom is 0.237 e. The zero-order valence-electron chi connectivity index (χ0n) is 18.7. The minimum atomic E-state index is -0.526. The highest BCUT2D eigenvalue weighted by atomic mass is 16.5. The summed E-state index contributed by atoms with van der Waals surface area (Å²) < 4.78 is 5.94. The normalized spacial score (nSPS) is 16.2. The molecule has 0 unspecified atom stereocenters. The van der Waals surface area contributed by atoms with Gasteiger partial charge >= 0.3 is 0 Å². The van der Waals surface area contributed by atoms with Crippen LogP contribution < -0.4 is 15.4 Å². The number of aryl methyl sites for hydroxylation is 1. The van der Waals surface area contributed by atoms with Gasteiger partial charge in [0.15, 0.2) is 0 Å². The summed E-state index contributed by atoms with van der Waals surface area (Å²) in [6.45, 7) is 4.09. The molecule has 1 fully saturated rings. The average Bonchev–Trinajstić information content (AvgIpc) is 2.82. The second-order valence-corrected chi connectivity index (χ2v) is 8.09. The molecule has 2 N–H and O–H groups in total. The van der Waals surface area contributed by atoms with Crippen LogP contribution in [-0.2, 0) is 22.7 Å². The van der Waals surface area contributed by atoms with Gasteiger partial charge in [-0.1, -0.05) is 36.4 Å². The number of para-hydroxylation sites is 1. The molecule has 4 rings (SSSR count). The van der Waals surface area contributed by atoms with Gasteiger partial charge in [0.05, 0.1) is 24.7 Å². The number of aromatic nitrogens is 1. The summed E-state index contributed by atoms with van der Waals surface area (Å²) in [5, 5.41) is 5.78. The number of ether oxygens (including phenoxy) is 1. The Kier molecular flexibility index (Phi) is 7.32. The van der Waals surface area contributed by atoms with Crippen molar-refractivity contribution in [3.8, 4) is 11.5 Å². The van der Waals surface area contributed by atoms with Gasteiger partial charge in [0.2, 0.25) is 11.8 Å². The standard InChI is InChI=1S/C26H28N4O3/c1-19-7-6-12-27-23(19)17-29-25(31)16-24-26(32)28-13-14-30(24)18-20-8-5-11-22(15-20)33-21-9-3-2-4-10-21/h2-12,15,24H,13-14,16-18H2,1H3,(H,28,32)(H,29,31)/t24-/m0/s1. The molecular weight excluding hydrogens is 416 g/mol. The molecule has 1 aliphatic rings. The quantitative estimate of drug-likeness (QED) is 0.558. The molecule has 0 bridgehead atoms. The molecule has 170 valence electrons. The molecule has 0 spiro atoms. The van der Waals surface area contributed by atoms with E-state index >= 15 is 0 Å². The highest BCUT2D eigenvalue weighted by Gasteiger charge is 2.31. The number of pyridine rings is 1. The van der Waals surface area contributed by atoms with E-state index in [4.69, 9.17) is 4.74 Å². The summed E-state index contributed by atoms with van der Waals surface area (Å²) in [6.07, 6.45) is 1.80. The van der Waals surface area contributed by atoms with Crippen molar-refractivity contribution in [2.24, 2.45) is 0 Å². The molecule has 0 saturated carbocycles. The summed E-state index contributed by atoms with van der Waals surface area (Å²) in [4.78, 5) is 31.6. The maximum atomic E-state index is 12.6. The topological polar surface area (TPSA) is 83.6 Å². The van der Waals surface area contributed by atoms with Crippen LogP contribution in [0.3, 0.4) is 0 Å². The minimum Gasteiger partial charge on any atom is -0.457 e. The van der Waals surface area contributed by atoms with Crippen molar-refractivity contribution in [2.75, 3.05) is 13.1 Å². The molecule has 1 saturated heterocycles. The maximum absolute atomic E-state index is 12.6. The van der Waals surface area contributed by atoms with Gasteiger partial charge in [0.1, 0.15) is 11.5 Å². The third-order valence-electron chi connectivity index (χ3n) is 5.65. The first-order valence-corrected chi connectivity index (χ1v) is 11.1. The van der Waals surface area contributed by atoms with E-state index in [1.54, 1.807) is 6.20 Å². The molecule has 0 radical (unpaired) electrons. The van der Waals surface area contributed by atoms with Gasteiger partial charge in [-0.05, 0) is 48.4 Å². The van der Waals surface area contributed by atoms with Crippen molar-refractivity contribution in [1.29, 1.82) is 0 Å². The van der Waals surface area contributed by atoms with E-state index in [2.05, 4.69) is 15.6 Å². The van der Waals surface area contributed by atoms with Gasteiger partial charge in [-0.2, -0.15) is 0 Å². The number of carbonyl (C=O) groups is 2. The molecule has 2 aromatic carbocycles. The van der Waals surface area contributed by atoms with Crippen LogP contribution in [0.1, 0.15) is 23.2 Å². The van der Waals surface area contributed by atoms with Gasteiger partial charge in [-0.3, -0.25) is 19.5 Å². The van der Waals surface area contributed by atoms with Gasteiger partial charge in [0, 0.05) is 25.8 Å². The van der Waals surface area contributed by atoms with Crippen LogP contribution in [0.2, 0.25) is 0 Å². The summed E-state index contributed by atoms with van der Waals surface area (Å²) in [5.74, 6) is 1.21. The highest BCUT2D eigenvalue weighted by molar-refractivity contribution is 5.88. The first-order valence-electron chi connectivity index (χ1n) is 11.1. The first-order chi connectivity index (χ1) is 16.1. The lowest BCUT2D eigenvalue weighted by molar-refractivity contribution is -0.134.